The topological polar surface area (TPSA) is 29.3 Å². The molecule has 1 aromatic rings. The van der Waals surface area contributed by atoms with Crippen LogP contribution in [0.25, 0.3) is 0 Å². The van der Waals surface area contributed by atoms with E-state index >= 15 is 0 Å². The van der Waals surface area contributed by atoms with Crippen LogP contribution in [-0.4, -0.2) is 19.1 Å². The van der Waals surface area contributed by atoms with Crippen molar-refractivity contribution in [1.82, 2.24) is 0 Å². The minimum Gasteiger partial charge on any atom is -0.367 e. The molecule has 20 heavy (non-hydrogen) atoms. The summed E-state index contributed by atoms with van der Waals surface area (Å²) in [4.78, 5) is 2.26. The van der Waals surface area contributed by atoms with Crippen molar-refractivity contribution in [3.05, 3.63) is 30.1 Å². The quantitative estimate of drug-likeness (QED) is 0.853. The SMILES string of the molecule is CCN(c1cccc(F)c1)C(CN)CC1CCCCC1. The maximum Gasteiger partial charge on any atom is 0.125 e. The van der Waals surface area contributed by atoms with Gasteiger partial charge in [0, 0.05) is 24.8 Å². The number of nitrogens with two attached hydrogens (primary N) is 1. The van der Waals surface area contributed by atoms with Crippen LogP contribution in [0.2, 0.25) is 0 Å². The fourth-order valence-electron chi connectivity index (χ4n) is 3.46. The lowest BCUT2D eigenvalue weighted by Gasteiger charge is -2.35. The van der Waals surface area contributed by atoms with Gasteiger partial charge in [-0.1, -0.05) is 38.2 Å². The molecule has 2 rings (SSSR count). The number of halogens is 1. The zero-order chi connectivity index (χ0) is 14.4. The van der Waals surface area contributed by atoms with Crippen molar-refractivity contribution < 1.29 is 4.39 Å². The van der Waals surface area contributed by atoms with Crippen LogP contribution < -0.4 is 10.6 Å². The van der Waals surface area contributed by atoms with Gasteiger partial charge in [-0.2, -0.15) is 0 Å². The first-order chi connectivity index (χ1) is 9.74. The number of hydrogen-bond donors (Lipinski definition) is 1. The minimum absolute atomic E-state index is 0.172. The van der Waals surface area contributed by atoms with Gasteiger partial charge in [0.25, 0.3) is 0 Å². The molecule has 1 unspecified atom stereocenters. The van der Waals surface area contributed by atoms with Crippen LogP contribution in [0.1, 0.15) is 45.4 Å². The van der Waals surface area contributed by atoms with E-state index in [-0.39, 0.29) is 5.82 Å². The Morgan fingerprint density at radius 1 is 1.30 bits per heavy atom. The second kappa shape index (κ2) is 7.63. The Kier molecular flexibility index (Phi) is 5.84. The number of rotatable bonds is 6. The average molecular weight is 278 g/mol. The summed E-state index contributed by atoms with van der Waals surface area (Å²) < 4.78 is 13.4. The summed E-state index contributed by atoms with van der Waals surface area (Å²) in [5.74, 6) is 0.620. The number of likely N-dealkylation sites (N-methyl/N-ethyl adjacent to an activating group) is 1. The number of benzene rings is 1. The lowest BCUT2D eigenvalue weighted by molar-refractivity contribution is 0.313. The fourth-order valence-corrected chi connectivity index (χ4v) is 3.46. The van der Waals surface area contributed by atoms with Gasteiger partial charge in [-0.3, -0.25) is 0 Å². The van der Waals surface area contributed by atoms with Crippen LogP contribution >= 0.6 is 0 Å². The van der Waals surface area contributed by atoms with Crippen LogP contribution in [0.4, 0.5) is 10.1 Å². The number of nitrogens with zero attached hydrogens (tertiary/aromatic N) is 1. The van der Waals surface area contributed by atoms with Crippen LogP contribution in [0, 0.1) is 11.7 Å². The third-order valence-corrected chi connectivity index (χ3v) is 4.52. The second-order valence-corrected chi connectivity index (χ2v) is 5.90. The van der Waals surface area contributed by atoms with Gasteiger partial charge in [0.15, 0.2) is 0 Å². The number of anilines is 1. The van der Waals surface area contributed by atoms with Crippen molar-refractivity contribution in [3.8, 4) is 0 Å². The summed E-state index contributed by atoms with van der Waals surface area (Å²) in [6.45, 7) is 3.63. The van der Waals surface area contributed by atoms with E-state index in [1.807, 2.05) is 6.07 Å². The number of hydrogen-bond acceptors (Lipinski definition) is 2. The smallest absolute Gasteiger partial charge is 0.125 e. The molecule has 0 heterocycles. The Morgan fingerprint density at radius 3 is 2.65 bits per heavy atom. The largest absolute Gasteiger partial charge is 0.367 e. The lowest BCUT2D eigenvalue weighted by Crippen LogP contribution is -2.42. The Balaban J connectivity index is 2.06. The molecule has 0 saturated heterocycles. The van der Waals surface area contributed by atoms with E-state index in [1.165, 1.54) is 38.2 Å². The summed E-state index contributed by atoms with van der Waals surface area (Å²) in [6.07, 6.45) is 7.89. The van der Waals surface area contributed by atoms with Crippen LogP contribution in [0.5, 0.6) is 0 Å². The first-order valence-electron chi connectivity index (χ1n) is 7.96. The van der Waals surface area contributed by atoms with Crippen LogP contribution in [0.3, 0.4) is 0 Å². The highest BCUT2D eigenvalue weighted by molar-refractivity contribution is 5.47. The summed E-state index contributed by atoms with van der Waals surface area (Å²) in [7, 11) is 0. The van der Waals surface area contributed by atoms with Crippen molar-refractivity contribution >= 4 is 5.69 Å². The molecule has 0 aromatic heterocycles. The Hall–Kier alpha value is -1.09. The standard InChI is InChI=1S/C17H27FN2/c1-2-20(16-10-6-9-15(18)12-16)17(13-19)11-14-7-4-3-5-8-14/h6,9-10,12,14,17H,2-5,7-8,11,13,19H2,1H3. The Bertz CT molecular complexity index is 402. The van der Waals surface area contributed by atoms with Gasteiger partial charge < -0.3 is 10.6 Å². The van der Waals surface area contributed by atoms with Gasteiger partial charge in [-0.05, 0) is 37.5 Å². The van der Waals surface area contributed by atoms with Crippen molar-refractivity contribution in [2.75, 3.05) is 18.0 Å². The van der Waals surface area contributed by atoms with Gasteiger partial charge in [0.2, 0.25) is 0 Å². The van der Waals surface area contributed by atoms with Gasteiger partial charge in [0.05, 0.1) is 0 Å². The Labute approximate surface area is 122 Å². The molecule has 3 heteroatoms. The van der Waals surface area contributed by atoms with E-state index < -0.39 is 0 Å². The van der Waals surface area contributed by atoms with Crippen molar-refractivity contribution in [3.63, 3.8) is 0 Å². The van der Waals surface area contributed by atoms with Gasteiger partial charge in [0.1, 0.15) is 5.82 Å². The van der Waals surface area contributed by atoms with Gasteiger partial charge in [-0.25, -0.2) is 4.39 Å². The lowest BCUT2D eigenvalue weighted by atomic mass is 9.84. The summed E-state index contributed by atoms with van der Waals surface area (Å²) >= 11 is 0. The van der Waals surface area contributed by atoms with Crippen LogP contribution in [0.15, 0.2) is 24.3 Å². The minimum atomic E-state index is -0.172. The molecule has 1 saturated carbocycles. The summed E-state index contributed by atoms with van der Waals surface area (Å²) in [5.41, 5.74) is 6.96. The third kappa shape index (κ3) is 3.95. The van der Waals surface area contributed by atoms with E-state index in [4.69, 9.17) is 5.73 Å². The fraction of sp³-hybridized carbons (Fsp3) is 0.647. The predicted octanol–water partition coefficient (Wildman–Crippen LogP) is 3.95. The van der Waals surface area contributed by atoms with E-state index in [9.17, 15) is 4.39 Å². The molecular formula is C17H27FN2. The van der Waals surface area contributed by atoms with Gasteiger partial charge in [-0.15, -0.1) is 0 Å². The first kappa shape index (κ1) is 15.3. The summed E-state index contributed by atoms with van der Waals surface area (Å²) in [6, 6.07) is 7.20. The average Bonchev–Trinajstić information content (AvgIpc) is 2.48. The van der Waals surface area contributed by atoms with E-state index in [2.05, 4.69) is 11.8 Å². The first-order valence-corrected chi connectivity index (χ1v) is 7.96. The van der Waals surface area contributed by atoms with Crippen molar-refractivity contribution in [2.45, 2.75) is 51.5 Å². The van der Waals surface area contributed by atoms with Crippen LogP contribution in [-0.2, 0) is 0 Å². The molecule has 0 spiro atoms. The monoisotopic (exact) mass is 278 g/mol. The van der Waals surface area contributed by atoms with Crippen molar-refractivity contribution in [2.24, 2.45) is 11.7 Å². The van der Waals surface area contributed by atoms with E-state index in [0.29, 0.717) is 12.6 Å². The highest BCUT2D eigenvalue weighted by atomic mass is 19.1. The predicted molar refractivity (Wildman–Crippen MR) is 83.5 cm³/mol. The third-order valence-electron chi connectivity index (χ3n) is 4.52. The molecule has 1 atom stereocenters. The molecule has 0 amide bonds. The zero-order valence-electron chi connectivity index (χ0n) is 12.5. The molecule has 1 aliphatic rings. The molecule has 2 N–H and O–H groups in total. The molecule has 0 radical (unpaired) electrons. The Morgan fingerprint density at radius 2 is 2.05 bits per heavy atom. The van der Waals surface area contributed by atoms with Gasteiger partial charge >= 0.3 is 0 Å². The molecule has 1 aliphatic carbocycles. The normalized spacial score (nSPS) is 17.9. The second-order valence-electron chi connectivity index (χ2n) is 5.90. The molecule has 1 fully saturated rings. The van der Waals surface area contributed by atoms with E-state index in [1.54, 1.807) is 12.1 Å². The molecule has 1 aromatic carbocycles. The highest BCUT2D eigenvalue weighted by Crippen LogP contribution is 2.30. The molecule has 2 nitrogen and oxygen atoms in total. The van der Waals surface area contributed by atoms with Crippen molar-refractivity contribution in [1.29, 1.82) is 0 Å². The zero-order valence-corrected chi connectivity index (χ0v) is 12.5. The highest BCUT2D eigenvalue weighted by Gasteiger charge is 2.22. The molecular weight excluding hydrogens is 251 g/mol. The molecule has 0 bridgehead atoms. The maximum absolute atomic E-state index is 13.4. The maximum atomic E-state index is 13.4. The molecule has 112 valence electrons. The summed E-state index contributed by atoms with van der Waals surface area (Å²) in [5, 5.41) is 0. The molecule has 0 aliphatic heterocycles. The van der Waals surface area contributed by atoms with E-state index in [0.717, 1.165) is 24.6 Å².